The van der Waals surface area contributed by atoms with E-state index in [9.17, 15) is 9.90 Å². The molecule has 0 spiro atoms. The van der Waals surface area contributed by atoms with E-state index in [0.717, 1.165) is 0 Å². The highest BCUT2D eigenvalue weighted by molar-refractivity contribution is 5.75. The Morgan fingerprint density at radius 1 is 1.55 bits per heavy atom. The largest absolute Gasteiger partial charge is 0.390 e. The van der Waals surface area contributed by atoms with E-state index in [4.69, 9.17) is 0 Å². The molecular formula is C8H17NO2. The highest BCUT2D eigenvalue weighted by Crippen LogP contribution is 2.09. The second-order valence-electron chi connectivity index (χ2n) is 3.27. The number of carbonyl (C=O) groups excluding carboxylic acids is 1. The van der Waals surface area contributed by atoms with E-state index in [1.54, 1.807) is 13.8 Å². The number of hydrogen-bond donors (Lipinski definition) is 2. The molecular weight excluding hydrogens is 142 g/mol. The lowest BCUT2D eigenvalue weighted by Gasteiger charge is -2.15. The minimum Gasteiger partial charge on any atom is -0.390 e. The number of aliphatic hydroxyl groups is 1. The highest BCUT2D eigenvalue weighted by atomic mass is 16.3. The highest BCUT2D eigenvalue weighted by Gasteiger charge is 2.13. The van der Waals surface area contributed by atoms with Crippen molar-refractivity contribution in [3.8, 4) is 0 Å². The maximum Gasteiger partial charge on any atom is 0.220 e. The van der Waals surface area contributed by atoms with Crippen molar-refractivity contribution in [3.05, 3.63) is 0 Å². The molecule has 0 aromatic heterocycles. The fourth-order valence-electron chi connectivity index (χ4n) is 0.705. The Hall–Kier alpha value is -0.570. The van der Waals surface area contributed by atoms with Crippen LogP contribution in [-0.2, 0) is 4.79 Å². The Morgan fingerprint density at radius 3 is 2.45 bits per heavy atom. The van der Waals surface area contributed by atoms with Gasteiger partial charge in [-0.15, -0.1) is 0 Å². The van der Waals surface area contributed by atoms with Gasteiger partial charge in [0.05, 0.1) is 5.60 Å². The number of hydrogen-bond acceptors (Lipinski definition) is 2. The summed E-state index contributed by atoms with van der Waals surface area (Å²) in [6, 6.07) is 0. The molecule has 0 aromatic rings. The predicted octanol–water partition coefficient (Wildman–Crippen LogP) is 0.674. The average Bonchev–Trinajstić information content (AvgIpc) is 1.83. The van der Waals surface area contributed by atoms with E-state index in [1.807, 2.05) is 6.92 Å². The normalized spacial score (nSPS) is 11.3. The minimum atomic E-state index is -0.731. The van der Waals surface area contributed by atoms with E-state index in [-0.39, 0.29) is 5.91 Å². The molecule has 0 rings (SSSR count). The molecule has 11 heavy (non-hydrogen) atoms. The van der Waals surface area contributed by atoms with Crippen LogP contribution in [0.15, 0.2) is 0 Å². The van der Waals surface area contributed by atoms with Crippen molar-refractivity contribution in [2.75, 3.05) is 6.54 Å². The Morgan fingerprint density at radius 2 is 2.09 bits per heavy atom. The summed E-state index contributed by atoms with van der Waals surface area (Å²) in [5.74, 6) is 0.00891. The SMILES string of the molecule is CCNC(=O)CCC(C)(C)O. The van der Waals surface area contributed by atoms with Crippen molar-refractivity contribution in [2.45, 2.75) is 39.2 Å². The van der Waals surface area contributed by atoms with Gasteiger partial charge in [0, 0.05) is 13.0 Å². The van der Waals surface area contributed by atoms with Crippen molar-refractivity contribution >= 4 is 5.91 Å². The number of amides is 1. The zero-order valence-electron chi connectivity index (χ0n) is 7.48. The number of rotatable bonds is 4. The summed E-state index contributed by atoms with van der Waals surface area (Å²) in [6.45, 7) is 5.94. The fourth-order valence-corrected chi connectivity index (χ4v) is 0.705. The van der Waals surface area contributed by atoms with Crippen molar-refractivity contribution in [3.63, 3.8) is 0 Å². The molecule has 0 heterocycles. The van der Waals surface area contributed by atoms with Crippen LogP contribution in [0.2, 0.25) is 0 Å². The molecule has 0 unspecified atom stereocenters. The molecule has 0 aliphatic heterocycles. The van der Waals surface area contributed by atoms with Gasteiger partial charge in [0.1, 0.15) is 0 Å². The maximum absolute atomic E-state index is 10.9. The van der Waals surface area contributed by atoms with Crippen LogP contribution in [-0.4, -0.2) is 23.2 Å². The molecule has 0 fully saturated rings. The van der Waals surface area contributed by atoms with Gasteiger partial charge in [-0.2, -0.15) is 0 Å². The molecule has 2 N–H and O–H groups in total. The van der Waals surface area contributed by atoms with Crippen LogP contribution in [0.3, 0.4) is 0 Å². The van der Waals surface area contributed by atoms with Gasteiger partial charge < -0.3 is 10.4 Å². The molecule has 0 aromatic carbocycles. The quantitative estimate of drug-likeness (QED) is 0.633. The molecule has 0 atom stereocenters. The standard InChI is InChI=1S/C8H17NO2/c1-4-9-7(10)5-6-8(2,3)11/h11H,4-6H2,1-3H3,(H,9,10). The summed E-state index contributed by atoms with van der Waals surface area (Å²) in [5.41, 5.74) is -0.731. The monoisotopic (exact) mass is 159 g/mol. The molecule has 1 amide bonds. The first-order valence-corrected chi connectivity index (χ1v) is 3.95. The summed E-state index contributed by atoms with van der Waals surface area (Å²) in [7, 11) is 0. The lowest BCUT2D eigenvalue weighted by atomic mass is 10.0. The molecule has 3 nitrogen and oxygen atoms in total. The topological polar surface area (TPSA) is 49.3 Å². The van der Waals surface area contributed by atoms with Crippen LogP contribution in [0, 0.1) is 0 Å². The molecule has 0 aliphatic rings. The fraction of sp³-hybridized carbons (Fsp3) is 0.875. The third-order valence-corrected chi connectivity index (χ3v) is 1.34. The van der Waals surface area contributed by atoms with Gasteiger partial charge in [-0.3, -0.25) is 4.79 Å². The van der Waals surface area contributed by atoms with Gasteiger partial charge in [0.2, 0.25) is 5.91 Å². The van der Waals surface area contributed by atoms with Gasteiger partial charge in [-0.1, -0.05) is 0 Å². The van der Waals surface area contributed by atoms with E-state index in [2.05, 4.69) is 5.32 Å². The molecule has 0 radical (unpaired) electrons. The van der Waals surface area contributed by atoms with Gasteiger partial charge >= 0.3 is 0 Å². The zero-order chi connectivity index (χ0) is 8.91. The molecule has 0 saturated heterocycles. The van der Waals surface area contributed by atoms with Gasteiger partial charge in [0.25, 0.3) is 0 Å². The van der Waals surface area contributed by atoms with Gasteiger partial charge in [-0.05, 0) is 27.2 Å². The van der Waals surface area contributed by atoms with E-state index >= 15 is 0 Å². The van der Waals surface area contributed by atoms with E-state index < -0.39 is 5.60 Å². The lowest BCUT2D eigenvalue weighted by molar-refractivity contribution is -0.122. The van der Waals surface area contributed by atoms with Crippen molar-refractivity contribution in [2.24, 2.45) is 0 Å². The predicted molar refractivity (Wildman–Crippen MR) is 44.2 cm³/mol. The van der Waals surface area contributed by atoms with Crippen LogP contribution in [0.25, 0.3) is 0 Å². The summed E-state index contributed by atoms with van der Waals surface area (Å²) in [5, 5.41) is 11.9. The van der Waals surface area contributed by atoms with Crippen molar-refractivity contribution in [1.29, 1.82) is 0 Å². The summed E-state index contributed by atoms with van der Waals surface area (Å²) < 4.78 is 0. The van der Waals surface area contributed by atoms with Gasteiger partial charge in [0.15, 0.2) is 0 Å². The molecule has 0 bridgehead atoms. The number of nitrogens with one attached hydrogen (secondary N) is 1. The Balaban J connectivity index is 3.46. The Bertz CT molecular complexity index is 127. The molecule has 3 heteroatoms. The summed E-state index contributed by atoms with van der Waals surface area (Å²) in [6.07, 6.45) is 0.913. The van der Waals surface area contributed by atoms with Crippen LogP contribution >= 0.6 is 0 Å². The van der Waals surface area contributed by atoms with Crippen LogP contribution in [0.4, 0.5) is 0 Å². The van der Waals surface area contributed by atoms with Crippen molar-refractivity contribution < 1.29 is 9.90 Å². The van der Waals surface area contributed by atoms with E-state index in [1.165, 1.54) is 0 Å². The summed E-state index contributed by atoms with van der Waals surface area (Å²) >= 11 is 0. The molecule has 0 saturated carbocycles. The first-order valence-electron chi connectivity index (χ1n) is 3.95. The molecule has 66 valence electrons. The smallest absolute Gasteiger partial charge is 0.220 e. The minimum absolute atomic E-state index is 0.00891. The number of carbonyl (C=O) groups is 1. The third-order valence-electron chi connectivity index (χ3n) is 1.34. The first kappa shape index (κ1) is 10.4. The zero-order valence-corrected chi connectivity index (χ0v) is 7.48. The maximum atomic E-state index is 10.9. The first-order chi connectivity index (χ1) is 4.95. The second-order valence-corrected chi connectivity index (χ2v) is 3.27. The van der Waals surface area contributed by atoms with Crippen LogP contribution in [0.5, 0.6) is 0 Å². The van der Waals surface area contributed by atoms with Gasteiger partial charge in [-0.25, -0.2) is 0 Å². The lowest BCUT2D eigenvalue weighted by Crippen LogP contribution is -2.26. The Labute approximate surface area is 67.8 Å². The third kappa shape index (κ3) is 7.33. The van der Waals surface area contributed by atoms with Crippen molar-refractivity contribution in [1.82, 2.24) is 5.32 Å². The van der Waals surface area contributed by atoms with Crippen LogP contribution < -0.4 is 5.32 Å². The Kier molecular flexibility index (Phi) is 4.11. The molecule has 0 aliphatic carbocycles. The second kappa shape index (κ2) is 4.34. The van der Waals surface area contributed by atoms with Crippen LogP contribution in [0.1, 0.15) is 33.6 Å². The average molecular weight is 159 g/mol. The van der Waals surface area contributed by atoms with E-state index in [0.29, 0.717) is 19.4 Å². The summed E-state index contributed by atoms with van der Waals surface area (Å²) in [4.78, 5) is 10.9.